The summed E-state index contributed by atoms with van der Waals surface area (Å²) in [6, 6.07) is 15.5. The third kappa shape index (κ3) is 7.45. The fourth-order valence-corrected chi connectivity index (χ4v) is 3.47. The second-order valence-corrected chi connectivity index (χ2v) is 9.51. The molecule has 0 radical (unpaired) electrons. The van der Waals surface area contributed by atoms with Gasteiger partial charge in [-0.1, -0.05) is 48.8 Å². The highest BCUT2D eigenvalue weighted by Crippen LogP contribution is 2.22. The Hall–Kier alpha value is -2.22. The first-order valence-corrected chi connectivity index (χ1v) is 11.4. The van der Waals surface area contributed by atoms with Crippen LogP contribution >= 0.6 is 15.9 Å². The van der Waals surface area contributed by atoms with Gasteiger partial charge in [0, 0.05) is 35.4 Å². The molecule has 0 aromatic heterocycles. The number of nitrogens with zero attached hydrogens (tertiary/aromatic N) is 2. The first-order valence-electron chi connectivity index (χ1n) is 10.6. The van der Waals surface area contributed by atoms with Crippen molar-refractivity contribution >= 4 is 33.5 Å². The van der Waals surface area contributed by atoms with Gasteiger partial charge in [-0.25, -0.2) is 0 Å². The van der Waals surface area contributed by atoms with Crippen LogP contribution in [0.25, 0.3) is 0 Å². The molecule has 1 aliphatic heterocycles. The predicted molar refractivity (Wildman–Crippen MR) is 130 cm³/mol. The average molecular weight is 487 g/mol. The summed E-state index contributed by atoms with van der Waals surface area (Å²) in [5.41, 5.74) is 2.70. The van der Waals surface area contributed by atoms with Gasteiger partial charge in [-0.2, -0.15) is 0 Å². The Balaban J connectivity index is 1.69. The number of ether oxygens (including phenoxy) is 1. The third-order valence-corrected chi connectivity index (χ3v) is 5.67. The molecule has 2 aromatic carbocycles. The molecule has 166 valence electrons. The Kier molecular flexibility index (Phi) is 8.23. The van der Waals surface area contributed by atoms with Gasteiger partial charge in [-0.3, -0.25) is 20.0 Å². The van der Waals surface area contributed by atoms with Gasteiger partial charge < -0.3 is 10.1 Å². The molecule has 3 rings (SSSR count). The summed E-state index contributed by atoms with van der Waals surface area (Å²) in [7, 11) is 0. The summed E-state index contributed by atoms with van der Waals surface area (Å²) in [5.74, 6) is 0.260. The largest absolute Gasteiger partial charge is 0.379 e. The first kappa shape index (κ1) is 23.4. The molecule has 6 nitrogen and oxygen atoms in total. The van der Waals surface area contributed by atoms with Gasteiger partial charge in [0.2, 0.25) is 5.96 Å². The van der Waals surface area contributed by atoms with Crippen LogP contribution in [0.2, 0.25) is 0 Å². The lowest BCUT2D eigenvalue weighted by atomic mass is 9.87. The third-order valence-electron chi connectivity index (χ3n) is 5.14. The highest BCUT2D eigenvalue weighted by Gasteiger charge is 2.15. The SMILES string of the molecule is CC(C)(C)c1ccc(C(=O)NC(=NCCN2CCOCC2)Nc2ccc(Br)cc2)cc1. The van der Waals surface area contributed by atoms with Crippen LogP contribution in [0, 0.1) is 0 Å². The Labute approximate surface area is 193 Å². The Morgan fingerprint density at radius 1 is 1.06 bits per heavy atom. The van der Waals surface area contributed by atoms with Gasteiger partial charge in [0.05, 0.1) is 19.8 Å². The number of amides is 1. The Bertz CT molecular complexity index is 883. The molecule has 2 aromatic rings. The van der Waals surface area contributed by atoms with Crippen LogP contribution in [0.1, 0.15) is 36.7 Å². The van der Waals surface area contributed by atoms with Crippen LogP contribution in [-0.4, -0.2) is 56.2 Å². The van der Waals surface area contributed by atoms with E-state index in [0.29, 0.717) is 18.1 Å². The number of halogens is 1. The van der Waals surface area contributed by atoms with Gasteiger partial charge in [-0.15, -0.1) is 0 Å². The second-order valence-electron chi connectivity index (χ2n) is 8.60. The molecule has 1 fully saturated rings. The van der Waals surface area contributed by atoms with Gasteiger partial charge in [0.25, 0.3) is 5.91 Å². The van der Waals surface area contributed by atoms with Crippen molar-refractivity contribution in [2.24, 2.45) is 4.99 Å². The van der Waals surface area contributed by atoms with E-state index in [1.807, 2.05) is 48.5 Å². The molecule has 0 unspecified atom stereocenters. The maximum Gasteiger partial charge on any atom is 0.257 e. The number of rotatable bonds is 5. The van der Waals surface area contributed by atoms with E-state index in [1.165, 1.54) is 5.56 Å². The molecule has 31 heavy (non-hydrogen) atoms. The minimum atomic E-state index is -0.185. The zero-order valence-electron chi connectivity index (χ0n) is 18.5. The van der Waals surface area contributed by atoms with E-state index < -0.39 is 0 Å². The molecule has 0 atom stereocenters. The fraction of sp³-hybridized carbons (Fsp3) is 0.417. The van der Waals surface area contributed by atoms with Crippen LogP contribution in [-0.2, 0) is 10.2 Å². The van der Waals surface area contributed by atoms with Crippen molar-refractivity contribution in [2.45, 2.75) is 26.2 Å². The lowest BCUT2D eigenvalue weighted by molar-refractivity contribution is 0.0394. The molecule has 0 spiro atoms. The number of nitrogens with one attached hydrogen (secondary N) is 2. The van der Waals surface area contributed by atoms with Crippen LogP contribution in [0.4, 0.5) is 5.69 Å². The molecule has 1 amide bonds. The quantitative estimate of drug-likeness (QED) is 0.488. The maximum absolute atomic E-state index is 12.9. The van der Waals surface area contributed by atoms with Gasteiger partial charge in [-0.05, 0) is 47.4 Å². The summed E-state index contributed by atoms with van der Waals surface area (Å²) < 4.78 is 6.39. The minimum absolute atomic E-state index is 0.0459. The lowest BCUT2D eigenvalue weighted by Gasteiger charge is -2.25. The van der Waals surface area contributed by atoms with Crippen LogP contribution in [0.15, 0.2) is 58.0 Å². The van der Waals surface area contributed by atoms with Gasteiger partial charge in [0.15, 0.2) is 0 Å². The number of aliphatic imine (C=N–C) groups is 1. The normalized spacial score (nSPS) is 15.5. The van der Waals surface area contributed by atoms with Crippen molar-refractivity contribution in [1.29, 1.82) is 0 Å². The van der Waals surface area contributed by atoms with Crippen molar-refractivity contribution in [2.75, 3.05) is 44.7 Å². The predicted octanol–water partition coefficient (Wildman–Crippen LogP) is 4.28. The summed E-state index contributed by atoms with van der Waals surface area (Å²) in [5, 5.41) is 6.17. The molecule has 1 aliphatic rings. The summed E-state index contributed by atoms with van der Waals surface area (Å²) in [6.45, 7) is 11.2. The maximum atomic E-state index is 12.9. The molecular formula is C24H31BrN4O2. The number of morpholine rings is 1. The summed E-state index contributed by atoms with van der Waals surface area (Å²) in [4.78, 5) is 19.8. The van der Waals surface area contributed by atoms with Crippen LogP contribution in [0.3, 0.4) is 0 Å². The Morgan fingerprint density at radius 2 is 1.71 bits per heavy atom. The summed E-state index contributed by atoms with van der Waals surface area (Å²) in [6.07, 6.45) is 0. The average Bonchev–Trinajstić information content (AvgIpc) is 2.75. The first-order chi connectivity index (χ1) is 14.8. The van der Waals surface area contributed by atoms with Crippen LogP contribution in [0.5, 0.6) is 0 Å². The molecular weight excluding hydrogens is 456 g/mol. The highest BCUT2D eigenvalue weighted by molar-refractivity contribution is 9.10. The Morgan fingerprint density at radius 3 is 2.32 bits per heavy atom. The molecule has 7 heteroatoms. The second kappa shape index (κ2) is 10.9. The van der Waals surface area contributed by atoms with E-state index in [1.54, 1.807) is 0 Å². The van der Waals surface area contributed by atoms with Gasteiger partial charge >= 0.3 is 0 Å². The summed E-state index contributed by atoms with van der Waals surface area (Å²) >= 11 is 3.44. The minimum Gasteiger partial charge on any atom is -0.379 e. The van der Waals surface area contributed by atoms with E-state index >= 15 is 0 Å². The van der Waals surface area contributed by atoms with Crippen LogP contribution < -0.4 is 10.6 Å². The number of carbonyl (C=O) groups is 1. The number of hydrogen-bond acceptors (Lipinski definition) is 4. The van der Waals surface area contributed by atoms with Gasteiger partial charge in [0.1, 0.15) is 0 Å². The van der Waals surface area contributed by atoms with Crippen molar-refractivity contribution in [3.63, 3.8) is 0 Å². The van der Waals surface area contributed by atoms with Crippen molar-refractivity contribution in [3.8, 4) is 0 Å². The number of guanidine groups is 1. The number of benzene rings is 2. The molecule has 0 bridgehead atoms. The highest BCUT2D eigenvalue weighted by atomic mass is 79.9. The monoisotopic (exact) mass is 486 g/mol. The zero-order chi connectivity index (χ0) is 22.3. The van der Waals surface area contributed by atoms with E-state index in [0.717, 1.165) is 43.0 Å². The molecule has 0 aliphatic carbocycles. The molecule has 0 saturated carbocycles. The standard InChI is InChI=1S/C24H31BrN4O2/c1-24(2,3)19-6-4-18(5-7-19)22(30)28-23(27-21-10-8-20(25)9-11-21)26-12-13-29-14-16-31-17-15-29/h4-11H,12-17H2,1-3H3,(H2,26,27,28,30). The fourth-order valence-electron chi connectivity index (χ4n) is 3.21. The molecule has 1 saturated heterocycles. The lowest BCUT2D eigenvalue weighted by Crippen LogP contribution is -2.39. The van der Waals surface area contributed by atoms with E-state index in [2.05, 4.69) is 57.2 Å². The van der Waals surface area contributed by atoms with E-state index in [9.17, 15) is 4.79 Å². The number of carbonyl (C=O) groups excluding carboxylic acids is 1. The smallest absolute Gasteiger partial charge is 0.257 e. The van der Waals surface area contributed by atoms with Crippen molar-refractivity contribution in [1.82, 2.24) is 10.2 Å². The van der Waals surface area contributed by atoms with Crippen molar-refractivity contribution in [3.05, 3.63) is 64.1 Å². The zero-order valence-corrected chi connectivity index (χ0v) is 20.0. The van der Waals surface area contributed by atoms with Crippen molar-refractivity contribution < 1.29 is 9.53 Å². The topological polar surface area (TPSA) is 66.0 Å². The number of anilines is 1. The van der Waals surface area contributed by atoms with E-state index in [4.69, 9.17) is 4.74 Å². The van der Waals surface area contributed by atoms with E-state index in [-0.39, 0.29) is 11.3 Å². The molecule has 1 heterocycles. The number of hydrogen-bond donors (Lipinski definition) is 2. The molecule has 2 N–H and O–H groups in total.